The van der Waals surface area contributed by atoms with Gasteiger partial charge in [0.05, 0.1) is 5.39 Å². The van der Waals surface area contributed by atoms with E-state index in [2.05, 4.69) is 0 Å². The molecule has 0 aliphatic heterocycles. The van der Waals surface area contributed by atoms with Gasteiger partial charge in [0.15, 0.2) is 11.5 Å². The largest absolute Gasteiger partial charge is 0.426 e. The average Bonchev–Trinajstić information content (AvgIpc) is 2.72. The Morgan fingerprint density at radius 2 is 1.11 bits per heavy atom. The van der Waals surface area contributed by atoms with E-state index in [0.717, 1.165) is 6.07 Å². The summed E-state index contributed by atoms with van der Waals surface area (Å²) in [5.74, 6) is -4.56. The van der Waals surface area contributed by atoms with Crippen molar-refractivity contribution >= 4 is 57.0 Å². The molecule has 0 amide bonds. The molecule has 0 spiro atoms. The van der Waals surface area contributed by atoms with Gasteiger partial charge in [0, 0.05) is 16.8 Å². The van der Waals surface area contributed by atoms with Gasteiger partial charge in [-0.05, 0) is 45.0 Å². The van der Waals surface area contributed by atoms with Gasteiger partial charge in [0.25, 0.3) is 0 Å². The molecule has 3 aromatic rings. The van der Waals surface area contributed by atoms with E-state index < -0.39 is 54.4 Å². The second-order valence-corrected chi connectivity index (χ2v) is 7.95. The molecule has 2 aromatic carbocycles. The molecule has 3 rings (SSSR count). The smallest absolute Gasteiger partial charge is 0.344 e. The lowest BCUT2D eigenvalue weighted by molar-refractivity contribution is -0.140. The van der Waals surface area contributed by atoms with E-state index in [0.29, 0.717) is 5.39 Å². The fraction of sp³-hybridized carbons (Fsp3) is 0.240. The third kappa shape index (κ3) is 6.47. The lowest BCUT2D eigenvalue weighted by atomic mass is 10.1. The molecule has 0 saturated carbocycles. The van der Waals surface area contributed by atoms with Crippen molar-refractivity contribution in [1.82, 2.24) is 0 Å². The van der Waals surface area contributed by atoms with Crippen molar-refractivity contribution in [1.29, 1.82) is 0 Å². The molecular formula is C25H20O11. The van der Waals surface area contributed by atoms with Gasteiger partial charge in [-0.1, -0.05) is 0 Å². The van der Waals surface area contributed by atoms with Crippen LogP contribution in [0.4, 0.5) is 0 Å². The number of carbonyl (C=O) groups excluding carboxylic acids is 6. The van der Waals surface area contributed by atoms with Crippen LogP contribution in [0.15, 0.2) is 39.5 Å². The third-order valence-electron chi connectivity index (χ3n) is 4.61. The quantitative estimate of drug-likeness (QED) is 0.141. The van der Waals surface area contributed by atoms with Crippen molar-refractivity contribution in [3.63, 3.8) is 0 Å². The average molecular weight is 496 g/mol. The van der Waals surface area contributed by atoms with Gasteiger partial charge in [-0.15, -0.1) is 0 Å². The maximum atomic E-state index is 12.7. The van der Waals surface area contributed by atoms with Crippen LogP contribution in [0.5, 0.6) is 17.2 Å². The molecule has 0 unspecified atom stereocenters. The number of hydrogen-bond acceptors (Lipinski definition) is 11. The molecule has 0 atom stereocenters. The van der Waals surface area contributed by atoms with Gasteiger partial charge in [-0.3, -0.25) is 28.8 Å². The van der Waals surface area contributed by atoms with Crippen LogP contribution in [0.3, 0.4) is 0 Å². The van der Waals surface area contributed by atoms with Crippen molar-refractivity contribution in [2.45, 2.75) is 40.0 Å². The Morgan fingerprint density at radius 1 is 0.639 bits per heavy atom. The second-order valence-electron chi connectivity index (χ2n) is 7.95. The number of fused-ring (bicyclic) bond motifs is 3. The summed E-state index contributed by atoms with van der Waals surface area (Å²) < 4.78 is 20.8. The van der Waals surface area contributed by atoms with Gasteiger partial charge in [0.1, 0.15) is 47.9 Å². The number of esters is 3. The molecule has 1 heterocycles. The van der Waals surface area contributed by atoms with Crippen molar-refractivity contribution in [3.8, 4) is 17.2 Å². The Hall–Kier alpha value is -4.67. The number of ketones is 3. The number of ether oxygens (including phenoxy) is 3. The first-order chi connectivity index (χ1) is 16.9. The number of hydrogen-bond donors (Lipinski definition) is 0. The van der Waals surface area contributed by atoms with Gasteiger partial charge < -0.3 is 18.6 Å². The van der Waals surface area contributed by atoms with Gasteiger partial charge in [0.2, 0.25) is 0 Å². The molecule has 36 heavy (non-hydrogen) atoms. The van der Waals surface area contributed by atoms with E-state index in [4.69, 9.17) is 18.6 Å². The highest BCUT2D eigenvalue weighted by molar-refractivity contribution is 6.07. The number of carbonyl (C=O) groups is 6. The van der Waals surface area contributed by atoms with Gasteiger partial charge in [-0.2, -0.15) is 0 Å². The van der Waals surface area contributed by atoms with Crippen LogP contribution in [0.2, 0.25) is 0 Å². The molecule has 0 bridgehead atoms. The van der Waals surface area contributed by atoms with E-state index in [9.17, 15) is 33.6 Å². The van der Waals surface area contributed by atoms with Crippen molar-refractivity contribution in [2.24, 2.45) is 0 Å². The second kappa shape index (κ2) is 10.7. The molecule has 0 aliphatic rings. The van der Waals surface area contributed by atoms with Gasteiger partial charge >= 0.3 is 23.5 Å². The predicted octanol–water partition coefficient (Wildman–Crippen LogP) is 2.60. The Kier molecular flexibility index (Phi) is 7.73. The summed E-state index contributed by atoms with van der Waals surface area (Å²) in [6.07, 6.45) is -1.54. The summed E-state index contributed by atoms with van der Waals surface area (Å²) in [6, 6.07) is 6.53. The minimum Gasteiger partial charge on any atom is -0.426 e. The summed E-state index contributed by atoms with van der Waals surface area (Å²) in [5.41, 5.74) is -0.835. The maximum Gasteiger partial charge on any atom is 0.344 e. The van der Waals surface area contributed by atoms with Crippen molar-refractivity contribution in [3.05, 3.63) is 40.8 Å². The molecule has 0 aliphatic carbocycles. The third-order valence-corrected chi connectivity index (χ3v) is 4.61. The molecule has 186 valence electrons. The number of Topliss-reactive ketones (excluding diaryl/α,β-unsaturated/α-hetero) is 3. The molecule has 0 fully saturated rings. The summed E-state index contributed by atoms with van der Waals surface area (Å²) in [5, 5.41) is 0.544. The molecule has 0 radical (unpaired) electrons. The monoisotopic (exact) mass is 496 g/mol. The minimum atomic E-state index is -0.951. The fourth-order valence-corrected chi connectivity index (χ4v) is 3.23. The van der Waals surface area contributed by atoms with E-state index in [1.54, 1.807) is 0 Å². The zero-order valence-electron chi connectivity index (χ0n) is 19.5. The predicted molar refractivity (Wildman–Crippen MR) is 123 cm³/mol. The normalized spacial score (nSPS) is 10.6. The summed E-state index contributed by atoms with van der Waals surface area (Å²) in [6.45, 7) is 3.61. The van der Waals surface area contributed by atoms with E-state index >= 15 is 0 Å². The zero-order valence-corrected chi connectivity index (χ0v) is 19.5. The standard InChI is InChI=1S/C25H20O11/c1-12(26)6-22(29)33-15-4-5-16-17-10-20(34-23(30)7-13(2)27)21(35-24(31)8-14(3)28)11-18(17)25(32)36-19(16)9-15/h4-5,9-11H,6-8H2,1-3H3. The molecule has 11 heteroatoms. The summed E-state index contributed by atoms with van der Waals surface area (Å²) in [4.78, 5) is 82.3. The van der Waals surface area contributed by atoms with Crippen LogP contribution < -0.4 is 19.8 Å². The SMILES string of the molecule is CC(=O)CC(=O)Oc1ccc2c(c1)oc(=O)c1cc(OC(=O)CC(C)=O)c(OC(=O)CC(C)=O)cc12. The molecular weight excluding hydrogens is 476 g/mol. The Morgan fingerprint density at radius 3 is 1.61 bits per heavy atom. The lowest BCUT2D eigenvalue weighted by Gasteiger charge is -2.12. The van der Waals surface area contributed by atoms with Crippen LogP contribution >= 0.6 is 0 Å². The topological polar surface area (TPSA) is 160 Å². The van der Waals surface area contributed by atoms with E-state index in [1.165, 1.54) is 45.0 Å². The highest BCUT2D eigenvalue weighted by Crippen LogP contribution is 2.36. The van der Waals surface area contributed by atoms with Crippen molar-refractivity contribution < 1.29 is 47.4 Å². The Bertz CT molecular complexity index is 1490. The first kappa shape index (κ1) is 25.9. The Balaban J connectivity index is 2.12. The van der Waals surface area contributed by atoms with E-state index in [1.807, 2.05) is 0 Å². The zero-order chi connectivity index (χ0) is 26.6. The fourth-order valence-electron chi connectivity index (χ4n) is 3.23. The molecule has 0 N–H and O–H groups in total. The summed E-state index contributed by atoms with van der Waals surface area (Å²) in [7, 11) is 0. The lowest BCUT2D eigenvalue weighted by Crippen LogP contribution is -2.16. The number of benzene rings is 2. The maximum absolute atomic E-state index is 12.7. The van der Waals surface area contributed by atoms with Crippen LogP contribution in [-0.4, -0.2) is 35.3 Å². The van der Waals surface area contributed by atoms with Gasteiger partial charge in [-0.25, -0.2) is 4.79 Å². The van der Waals surface area contributed by atoms with Crippen LogP contribution in [-0.2, 0) is 28.8 Å². The minimum absolute atomic E-state index is 0.0166. The first-order valence-electron chi connectivity index (χ1n) is 10.6. The van der Waals surface area contributed by atoms with E-state index in [-0.39, 0.29) is 39.4 Å². The Labute approximate surface area is 202 Å². The van der Waals surface area contributed by atoms with Crippen LogP contribution in [0.1, 0.15) is 40.0 Å². The number of rotatable bonds is 9. The first-order valence-corrected chi connectivity index (χ1v) is 10.6. The summed E-state index contributed by atoms with van der Waals surface area (Å²) >= 11 is 0. The highest BCUT2D eigenvalue weighted by atomic mass is 16.6. The van der Waals surface area contributed by atoms with Crippen molar-refractivity contribution in [2.75, 3.05) is 0 Å². The molecule has 1 aromatic heterocycles. The van der Waals surface area contributed by atoms with Crippen LogP contribution in [0.25, 0.3) is 21.7 Å². The van der Waals surface area contributed by atoms with Crippen LogP contribution in [0, 0.1) is 0 Å². The highest BCUT2D eigenvalue weighted by Gasteiger charge is 2.20. The molecule has 0 saturated heterocycles. The molecule has 11 nitrogen and oxygen atoms in total.